The summed E-state index contributed by atoms with van der Waals surface area (Å²) in [5.41, 5.74) is 3.47. The summed E-state index contributed by atoms with van der Waals surface area (Å²) in [4.78, 5) is 5.37. The van der Waals surface area contributed by atoms with Crippen LogP contribution in [0.4, 0.5) is 5.69 Å². The lowest BCUT2D eigenvalue weighted by Gasteiger charge is -2.44. The van der Waals surface area contributed by atoms with E-state index in [1.165, 1.54) is 95.5 Å². The molecular formula is C24H38N4. The van der Waals surface area contributed by atoms with Gasteiger partial charge in [-0.05, 0) is 94.6 Å². The molecule has 154 valence electrons. The molecule has 1 spiro atoms. The van der Waals surface area contributed by atoms with Crippen molar-refractivity contribution in [1.29, 1.82) is 0 Å². The van der Waals surface area contributed by atoms with Crippen molar-refractivity contribution < 1.29 is 0 Å². The molecule has 0 radical (unpaired) electrons. The highest BCUT2D eigenvalue weighted by Crippen LogP contribution is 2.40. The molecule has 0 amide bonds. The van der Waals surface area contributed by atoms with Crippen LogP contribution in [0.25, 0.3) is 0 Å². The second-order valence-electron chi connectivity index (χ2n) is 9.93. The van der Waals surface area contributed by atoms with Crippen molar-refractivity contribution in [3.8, 4) is 0 Å². The maximum Gasteiger partial charge on any atom is 0.0366 e. The van der Waals surface area contributed by atoms with Gasteiger partial charge in [0.1, 0.15) is 0 Å². The predicted octanol–water partition coefficient (Wildman–Crippen LogP) is 3.54. The third kappa shape index (κ3) is 3.71. The molecule has 0 bridgehead atoms. The lowest BCUT2D eigenvalue weighted by Crippen LogP contribution is -2.47. The molecule has 4 nitrogen and oxygen atoms in total. The molecule has 1 aromatic carbocycles. The molecule has 2 N–H and O–H groups in total. The highest BCUT2D eigenvalue weighted by Gasteiger charge is 2.36. The summed E-state index contributed by atoms with van der Waals surface area (Å²) in [5, 5.41) is 7.41. The standard InChI is InChI=1S/C24H38N4/c1-19-3-2-15-28(19)22-9-16-27(17-22)21-6-4-20(5-7-21)23-8-10-24(18-26-23)11-13-25-14-12-24/h4-7,19,22-23,25-26H,2-3,8-18H2,1H3/t19-,22-,23?/m0/s1. The van der Waals surface area contributed by atoms with Gasteiger partial charge in [0, 0.05) is 43.4 Å². The summed E-state index contributed by atoms with van der Waals surface area (Å²) < 4.78 is 0. The van der Waals surface area contributed by atoms with Gasteiger partial charge in [0.05, 0.1) is 0 Å². The molecule has 1 unspecified atom stereocenters. The van der Waals surface area contributed by atoms with Crippen molar-refractivity contribution in [1.82, 2.24) is 15.5 Å². The van der Waals surface area contributed by atoms with Crippen molar-refractivity contribution in [3.63, 3.8) is 0 Å². The fourth-order valence-corrected chi connectivity index (χ4v) is 6.31. The minimum Gasteiger partial charge on any atom is -0.370 e. The first-order valence-corrected chi connectivity index (χ1v) is 11.8. The summed E-state index contributed by atoms with van der Waals surface area (Å²) in [6.07, 6.45) is 9.46. The van der Waals surface area contributed by atoms with E-state index in [0.717, 1.165) is 12.1 Å². The predicted molar refractivity (Wildman–Crippen MR) is 117 cm³/mol. The van der Waals surface area contributed by atoms with Crippen molar-refractivity contribution in [2.45, 2.75) is 70.0 Å². The van der Waals surface area contributed by atoms with E-state index in [-0.39, 0.29) is 0 Å². The summed E-state index contributed by atoms with van der Waals surface area (Å²) in [6, 6.07) is 11.6. The molecule has 4 saturated heterocycles. The lowest BCUT2D eigenvalue weighted by atomic mass is 9.71. The fourth-order valence-electron chi connectivity index (χ4n) is 6.31. The smallest absolute Gasteiger partial charge is 0.0366 e. The average Bonchev–Trinajstić information content (AvgIpc) is 3.38. The van der Waals surface area contributed by atoms with E-state index < -0.39 is 0 Å². The maximum absolute atomic E-state index is 3.89. The molecule has 28 heavy (non-hydrogen) atoms. The van der Waals surface area contributed by atoms with Crippen LogP contribution in [-0.4, -0.2) is 56.3 Å². The van der Waals surface area contributed by atoms with Crippen LogP contribution in [0.5, 0.6) is 0 Å². The maximum atomic E-state index is 3.89. The molecule has 4 aliphatic heterocycles. The van der Waals surface area contributed by atoms with E-state index in [1.807, 2.05) is 0 Å². The Morgan fingerprint density at radius 2 is 1.79 bits per heavy atom. The monoisotopic (exact) mass is 382 g/mol. The summed E-state index contributed by atoms with van der Waals surface area (Å²) in [5.74, 6) is 0. The minimum absolute atomic E-state index is 0.548. The first kappa shape index (κ1) is 18.9. The Hall–Kier alpha value is -1.10. The highest BCUT2D eigenvalue weighted by atomic mass is 15.3. The van der Waals surface area contributed by atoms with Gasteiger partial charge in [0.15, 0.2) is 0 Å². The Bertz CT molecular complexity index is 641. The second-order valence-corrected chi connectivity index (χ2v) is 9.93. The van der Waals surface area contributed by atoms with Crippen molar-refractivity contribution >= 4 is 5.69 Å². The Balaban J connectivity index is 1.17. The van der Waals surface area contributed by atoms with E-state index in [1.54, 1.807) is 0 Å². The number of hydrogen-bond donors (Lipinski definition) is 2. The average molecular weight is 383 g/mol. The van der Waals surface area contributed by atoms with Gasteiger partial charge < -0.3 is 15.5 Å². The number of piperidine rings is 2. The Morgan fingerprint density at radius 1 is 0.964 bits per heavy atom. The zero-order valence-corrected chi connectivity index (χ0v) is 17.6. The first-order chi connectivity index (χ1) is 13.7. The molecule has 4 fully saturated rings. The number of nitrogens with one attached hydrogen (secondary N) is 2. The SMILES string of the molecule is C[C@H]1CCCN1[C@H]1CCN(c2ccc(C3CCC4(CCNCC4)CN3)cc2)C1. The number of anilines is 1. The van der Waals surface area contributed by atoms with Gasteiger partial charge in [0.25, 0.3) is 0 Å². The number of hydrogen-bond acceptors (Lipinski definition) is 4. The molecule has 4 heterocycles. The Kier molecular flexibility index (Phi) is 5.38. The van der Waals surface area contributed by atoms with E-state index in [4.69, 9.17) is 0 Å². The van der Waals surface area contributed by atoms with Gasteiger partial charge in [-0.25, -0.2) is 0 Å². The normalized spacial score (nSPS) is 33.6. The molecule has 1 aromatic rings. The second kappa shape index (κ2) is 7.97. The Labute approximate surface area is 171 Å². The third-order valence-electron chi connectivity index (χ3n) is 8.25. The number of benzene rings is 1. The van der Waals surface area contributed by atoms with Gasteiger partial charge in [-0.3, -0.25) is 4.90 Å². The first-order valence-electron chi connectivity index (χ1n) is 11.8. The molecule has 0 saturated carbocycles. The van der Waals surface area contributed by atoms with E-state index in [0.29, 0.717) is 11.5 Å². The van der Waals surface area contributed by atoms with Gasteiger partial charge in [0.2, 0.25) is 0 Å². The molecular weight excluding hydrogens is 344 g/mol. The summed E-state index contributed by atoms with van der Waals surface area (Å²) >= 11 is 0. The number of likely N-dealkylation sites (tertiary alicyclic amines) is 1. The van der Waals surface area contributed by atoms with Gasteiger partial charge >= 0.3 is 0 Å². The van der Waals surface area contributed by atoms with Crippen molar-refractivity contribution in [3.05, 3.63) is 29.8 Å². The van der Waals surface area contributed by atoms with E-state index >= 15 is 0 Å². The van der Waals surface area contributed by atoms with Gasteiger partial charge in [-0.15, -0.1) is 0 Å². The number of nitrogens with zero attached hydrogens (tertiary/aromatic N) is 2. The van der Waals surface area contributed by atoms with Crippen molar-refractivity contribution in [2.75, 3.05) is 44.2 Å². The van der Waals surface area contributed by atoms with Crippen LogP contribution < -0.4 is 15.5 Å². The molecule has 3 atom stereocenters. The highest BCUT2D eigenvalue weighted by molar-refractivity contribution is 5.49. The molecule has 4 aliphatic rings. The summed E-state index contributed by atoms with van der Waals surface area (Å²) in [6.45, 7) is 9.75. The van der Waals surface area contributed by atoms with Crippen LogP contribution in [0.1, 0.15) is 63.5 Å². The topological polar surface area (TPSA) is 30.5 Å². The van der Waals surface area contributed by atoms with Crippen LogP contribution in [0.3, 0.4) is 0 Å². The quantitative estimate of drug-likeness (QED) is 0.837. The van der Waals surface area contributed by atoms with Crippen LogP contribution in [0.2, 0.25) is 0 Å². The van der Waals surface area contributed by atoms with Crippen molar-refractivity contribution in [2.24, 2.45) is 5.41 Å². The molecule has 5 rings (SSSR count). The van der Waals surface area contributed by atoms with Gasteiger partial charge in [-0.1, -0.05) is 12.1 Å². The fraction of sp³-hybridized carbons (Fsp3) is 0.750. The zero-order valence-electron chi connectivity index (χ0n) is 17.6. The van der Waals surface area contributed by atoms with Crippen LogP contribution in [-0.2, 0) is 0 Å². The van der Waals surface area contributed by atoms with Gasteiger partial charge in [-0.2, -0.15) is 0 Å². The lowest BCUT2D eigenvalue weighted by molar-refractivity contribution is 0.128. The molecule has 0 aromatic heterocycles. The summed E-state index contributed by atoms with van der Waals surface area (Å²) in [7, 11) is 0. The van der Waals surface area contributed by atoms with E-state index in [9.17, 15) is 0 Å². The van der Waals surface area contributed by atoms with Crippen LogP contribution in [0, 0.1) is 5.41 Å². The molecule has 4 heteroatoms. The van der Waals surface area contributed by atoms with Crippen LogP contribution in [0.15, 0.2) is 24.3 Å². The largest absolute Gasteiger partial charge is 0.370 e. The van der Waals surface area contributed by atoms with Crippen LogP contribution >= 0.6 is 0 Å². The third-order valence-corrected chi connectivity index (χ3v) is 8.25. The zero-order chi connectivity index (χ0) is 19.0. The number of rotatable bonds is 3. The Morgan fingerprint density at radius 3 is 2.46 bits per heavy atom. The van der Waals surface area contributed by atoms with E-state index in [2.05, 4.69) is 51.6 Å². The minimum atomic E-state index is 0.548. The molecule has 0 aliphatic carbocycles.